The summed E-state index contributed by atoms with van der Waals surface area (Å²) in [4.78, 5) is 28.1. The topological polar surface area (TPSA) is 140 Å². The first-order valence-electron chi connectivity index (χ1n) is 11.9. The van der Waals surface area contributed by atoms with E-state index in [1.54, 1.807) is 6.20 Å². The van der Waals surface area contributed by atoms with Gasteiger partial charge in [0.05, 0.1) is 22.8 Å². The molecular weight excluding hydrogens is 428 g/mol. The minimum atomic E-state index is -0.840. The van der Waals surface area contributed by atoms with Crippen molar-refractivity contribution in [3.63, 3.8) is 0 Å². The minimum absolute atomic E-state index is 0.00337. The molecule has 3 aromatic heterocycles. The number of H-pyrrole nitrogens is 2. The van der Waals surface area contributed by atoms with E-state index in [0.717, 1.165) is 59.2 Å². The summed E-state index contributed by atoms with van der Waals surface area (Å²) >= 11 is 0. The Bertz CT molecular complexity index is 1420. The van der Waals surface area contributed by atoms with Gasteiger partial charge in [-0.2, -0.15) is 10.4 Å². The van der Waals surface area contributed by atoms with Crippen LogP contribution in [0.4, 0.5) is 5.82 Å². The molecule has 4 heterocycles. The summed E-state index contributed by atoms with van der Waals surface area (Å²) in [6.07, 6.45) is 7.48. The van der Waals surface area contributed by atoms with E-state index in [9.17, 15) is 10.1 Å². The molecule has 0 bridgehead atoms. The first-order chi connectivity index (χ1) is 16.6. The molecule has 1 saturated heterocycles. The summed E-state index contributed by atoms with van der Waals surface area (Å²) in [7, 11) is 0. The summed E-state index contributed by atoms with van der Waals surface area (Å²) in [5.41, 5.74) is 9.53. The molecule has 1 aliphatic carbocycles. The van der Waals surface area contributed by atoms with Crippen LogP contribution in [0.3, 0.4) is 0 Å². The number of benzene rings is 1. The highest BCUT2D eigenvalue weighted by molar-refractivity contribution is 6.07. The van der Waals surface area contributed by atoms with Crippen molar-refractivity contribution in [1.29, 1.82) is 5.26 Å². The molecule has 0 spiro atoms. The predicted molar refractivity (Wildman–Crippen MR) is 128 cm³/mol. The lowest BCUT2D eigenvalue weighted by Crippen LogP contribution is -2.45. The van der Waals surface area contributed by atoms with Gasteiger partial charge < -0.3 is 15.6 Å². The SMILES string of the molecule is N#CC1(C(=O)N2CCC[C@@H]2Cc2nc3c(N)nc4cc(-c5cc[nH]n5)ccc4c3[nH]2)CCCC1. The number of likely N-dealkylation sites (tertiary alicyclic amines) is 1. The maximum absolute atomic E-state index is 13.4. The number of pyridine rings is 1. The summed E-state index contributed by atoms with van der Waals surface area (Å²) in [5, 5.41) is 17.8. The van der Waals surface area contributed by atoms with E-state index in [1.165, 1.54) is 0 Å². The highest BCUT2D eigenvalue weighted by atomic mass is 16.2. The van der Waals surface area contributed by atoms with Gasteiger partial charge in [-0.3, -0.25) is 9.89 Å². The molecule has 0 radical (unpaired) electrons. The molecular formula is C25H26N8O. The number of nitrogens with zero attached hydrogens (tertiary/aromatic N) is 5. The molecule has 1 saturated carbocycles. The van der Waals surface area contributed by atoms with Crippen LogP contribution in [0.2, 0.25) is 0 Å². The number of fused-ring (bicyclic) bond motifs is 3. The van der Waals surface area contributed by atoms with Gasteiger partial charge in [-0.1, -0.05) is 18.9 Å². The second-order valence-corrected chi connectivity index (χ2v) is 9.50. The lowest BCUT2D eigenvalue weighted by Gasteiger charge is -2.31. The van der Waals surface area contributed by atoms with E-state index in [-0.39, 0.29) is 11.9 Å². The maximum atomic E-state index is 13.4. The number of nitrogens with one attached hydrogen (secondary N) is 2. The van der Waals surface area contributed by atoms with Gasteiger partial charge in [-0.05, 0) is 43.9 Å². The van der Waals surface area contributed by atoms with Crippen LogP contribution in [-0.2, 0) is 11.2 Å². The number of amides is 1. The van der Waals surface area contributed by atoms with Gasteiger partial charge in [0, 0.05) is 36.2 Å². The number of anilines is 1. The lowest BCUT2D eigenvalue weighted by molar-refractivity contribution is -0.139. The second-order valence-electron chi connectivity index (χ2n) is 9.50. The van der Waals surface area contributed by atoms with E-state index in [2.05, 4.69) is 26.2 Å². The minimum Gasteiger partial charge on any atom is -0.382 e. The Hall–Kier alpha value is -3.93. The van der Waals surface area contributed by atoms with Gasteiger partial charge in [0.15, 0.2) is 5.82 Å². The Balaban J connectivity index is 1.32. The number of nitrogen functional groups attached to an aromatic ring is 1. The number of hydrogen-bond acceptors (Lipinski definition) is 6. The number of carbonyl (C=O) groups is 1. The summed E-state index contributed by atoms with van der Waals surface area (Å²) in [6, 6.07) is 10.3. The molecule has 9 heteroatoms. The number of rotatable bonds is 4. The van der Waals surface area contributed by atoms with Gasteiger partial charge in [-0.25, -0.2) is 9.97 Å². The molecule has 172 valence electrons. The summed E-state index contributed by atoms with van der Waals surface area (Å²) in [5.74, 6) is 1.16. The number of hydrogen-bond donors (Lipinski definition) is 3. The van der Waals surface area contributed by atoms with Gasteiger partial charge in [0.25, 0.3) is 0 Å². The molecule has 4 aromatic rings. The van der Waals surface area contributed by atoms with Crippen LogP contribution in [0.1, 0.15) is 44.3 Å². The van der Waals surface area contributed by atoms with Crippen molar-refractivity contribution in [2.75, 3.05) is 12.3 Å². The van der Waals surface area contributed by atoms with Gasteiger partial charge >= 0.3 is 0 Å². The van der Waals surface area contributed by atoms with Crippen LogP contribution in [-0.4, -0.2) is 48.5 Å². The molecule has 0 unspecified atom stereocenters. The number of nitriles is 1. The first-order valence-corrected chi connectivity index (χ1v) is 11.9. The monoisotopic (exact) mass is 454 g/mol. The standard InChI is InChI=1S/C25H26N8O/c26-14-25(8-1-2-9-25)24(34)33-11-3-4-16(33)13-20-30-21-17-6-5-15(18-7-10-28-32-18)12-19(17)29-23(27)22(21)31-20/h5-7,10,12,16H,1-4,8-9,11,13H2,(H2,27,29)(H,28,32)(H,30,31)/t16-/m1/s1. The average Bonchev–Trinajstić information content (AvgIpc) is 3.66. The van der Waals surface area contributed by atoms with Crippen molar-refractivity contribution in [2.45, 2.75) is 51.0 Å². The second kappa shape index (κ2) is 7.83. The Morgan fingerprint density at radius 2 is 2.09 bits per heavy atom. The normalized spacial score (nSPS) is 19.7. The smallest absolute Gasteiger partial charge is 0.243 e. The molecule has 1 aromatic carbocycles. The zero-order valence-electron chi connectivity index (χ0n) is 18.8. The van der Waals surface area contributed by atoms with E-state index in [4.69, 9.17) is 10.7 Å². The number of aromatic amines is 2. The lowest BCUT2D eigenvalue weighted by atomic mass is 9.86. The summed E-state index contributed by atoms with van der Waals surface area (Å²) in [6.45, 7) is 0.704. The average molecular weight is 455 g/mol. The van der Waals surface area contributed by atoms with Gasteiger partial charge in [0.2, 0.25) is 5.91 Å². The molecule has 9 nitrogen and oxygen atoms in total. The van der Waals surface area contributed by atoms with Gasteiger partial charge in [0.1, 0.15) is 16.8 Å². The number of imidazole rings is 1. The molecule has 1 atom stereocenters. The van der Waals surface area contributed by atoms with Crippen LogP contribution >= 0.6 is 0 Å². The van der Waals surface area contributed by atoms with Crippen LogP contribution < -0.4 is 5.73 Å². The highest BCUT2D eigenvalue weighted by Crippen LogP contribution is 2.41. The molecule has 1 aliphatic heterocycles. The Morgan fingerprint density at radius 1 is 1.24 bits per heavy atom. The maximum Gasteiger partial charge on any atom is 0.243 e. The number of nitrogens with two attached hydrogens (primary N) is 1. The molecule has 6 rings (SSSR count). The molecule has 4 N–H and O–H groups in total. The molecule has 2 fully saturated rings. The van der Waals surface area contributed by atoms with Crippen molar-refractivity contribution in [1.82, 2.24) is 30.0 Å². The zero-order chi connectivity index (χ0) is 23.3. The van der Waals surface area contributed by atoms with E-state index < -0.39 is 5.41 Å². The van der Waals surface area contributed by atoms with Crippen molar-refractivity contribution < 1.29 is 4.79 Å². The van der Waals surface area contributed by atoms with Crippen LogP contribution in [0, 0.1) is 16.7 Å². The Morgan fingerprint density at radius 3 is 2.85 bits per heavy atom. The predicted octanol–water partition coefficient (Wildman–Crippen LogP) is 3.70. The van der Waals surface area contributed by atoms with Crippen molar-refractivity contribution in [2.24, 2.45) is 5.41 Å². The fourth-order valence-corrected chi connectivity index (χ4v) is 5.66. The molecule has 2 aliphatic rings. The van der Waals surface area contributed by atoms with E-state index in [0.29, 0.717) is 37.1 Å². The largest absolute Gasteiger partial charge is 0.382 e. The van der Waals surface area contributed by atoms with Crippen molar-refractivity contribution in [3.8, 4) is 17.3 Å². The molecule has 1 amide bonds. The summed E-state index contributed by atoms with van der Waals surface area (Å²) < 4.78 is 0. The third kappa shape index (κ3) is 3.21. The Labute approximate surface area is 196 Å². The van der Waals surface area contributed by atoms with Crippen LogP contribution in [0.5, 0.6) is 0 Å². The van der Waals surface area contributed by atoms with Gasteiger partial charge in [-0.15, -0.1) is 0 Å². The molecule has 34 heavy (non-hydrogen) atoms. The highest BCUT2D eigenvalue weighted by Gasteiger charge is 2.46. The third-order valence-corrected chi connectivity index (χ3v) is 7.45. The quantitative estimate of drug-likeness (QED) is 0.429. The van der Waals surface area contributed by atoms with E-state index >= 15 is 0 Å². The fourth-order valence-electron chi connectivity index (χ4n) is 5.66. The first kappa shape index (κ1) is 20.7. The zero-order valence-corrected chi connectivity index (χ0v) is 18.8. The van der Waals surface area contributed by atoms with Crippen LogP contribution in [0.25, 0.3) is 33.2 Å². The number of aromatic nitrogens is 5. The fraction of sp³-hybridized carbons (Fsp3) is 0.400. The Kier molecular flexibility index (Phi) is 4.76. The van der Waals surface area contributed by atoms with Crippen LogP contribution in [0.15, 0.2) is 30.5 Å². The van der Waals surface area contributed by atoms with Crippen molar-refractivity contribution in [3.05, 3.63) is 36.3 Å². The number of carbonyl (C=O) groups excluding carboxylic acids is 1. The van der Waals surface area contributed by atoms with Crippen molar-refractivity contribution >= 4 is 33.7 Å². The third-order valence-electron chi connectivity index (χ3n) is 7.45. The van der Waals surface area contributed by atoms with E-state index in [1.807, 2.05) is 29.2 Å².